The van der Waals surface area contributed by atoms with Crippen molar-refractivity contribution in [3.63, 3.8) is 0 Å². The average molecular weight is 383 g/mol. The van der Waals surface area contributed by atoms with Crippen molar-refractivity contribution in [3.05, 3.63) is 58.0 Å². The smallest absolute Gasteiger partial charge is 0.207 e. The van der Waals surface area contributed by atoms with Crippen molar-refractivity contribution < 1.29 is 14.3 Å². The van der Waals surface area contributed by atoms with Gasteiger partial charge in [0, 0.05) is 17.3 Å². The summed E-state index contributed by atoms with van der Waals surface area (Å²) in [5.41, 5.74) is 9.35. The average Bonchev–Trinajstić information content (AvgIpc) is 3.03. The van der Waals surface area contributed by atoms with Crippen molar-refractivity contribution in [1.29, 1.82) is 0 Å². The molecule has 2 aromatic carbocycles. The number of nitrogens with one attached hydrogen (secondary N) is 1. The molecule has 140 valence electrons. The van der Waals surface area contributed by atoms with Crippen molar-refractivity contribution in [2.24, 2.45) is 0 Å². The first kappa shape index (κ1) is 18.7. The quantitative estimate of drug-likeness (QED) is 0.616. The largest absolute Gasteiger partial charge is 0.493 e. The lowest BCUT2D eigenvalue weighted by molar-refractivity contribution is 0.104. The van der Waals surface area contributed by atoms with Gasteiger partial charge < -0.3 is 20.5 Å². The summed E-state index contributed by atoms with van der Waals surface area (Å²) in [6.45, 7) is 3.86. The van der Waals surface area contributed by atoms with E-state index >= 15 is 0 Å². The van der Waals surface area contributed by atoms with Crippen LogP contribution in [0, 0.1) is 13.8 Å². The number of hydrogen-bond donors (Lipinski definition) is 2. The van der Waals surface area contributed by atoms with Crippen molar-refractivity contribution >= 4 is 33.8 Å². The van der Waals surface area contributed by atoms with Crippen LogP contribution in [0.3, 0.4) is 0 Å². The highest BCUT2D eigenvalue weighted by Crippen LogP contribution is 2.34. The van der Waals surface area contributed by atoms with Gasteiger partial charge in [-0.2, -0.15) is 0 Å². The molecule has 0 atom stereocenters. The van der Waals surface area contributed by atoms with Crippen LogP contribution in [0.15, 0.2) is 36.4 Å². The van der Waals surface area contributed by atoms with Gasteiger partial charge in [0.15, 0.2) is 16.6 Å². The highest BCUT2D eigenvalue weighted by Gasteiger charge is 2.20. The fourth-order valence-electron chi connectivity index (χ4n) is 2.69. The molecule has 0 radical (unpaired) electrons. The summed E-state index contributed by atoms with van der Waals surface area (Å²) in [7, 11) is 3.15. The first-order valence-electron chi connectivity index (χ1n) is 8.30. The third kappa shape index (κ3) is 3.88. The van der Waals surface area contributed by atoms with Gasteiger partial charge in [-0.25, -0.2) is 4.98 Å². The Kier molecular flexibility index (Phi) is 5.32. The molecule has 3 aromatic rings. The molecule has 6 nitrogen and oxygen atoms in total. The maximum Gasteiger partial charge on any atom is 0.207 e. The Bertz CT molecular complexity index is 998. The van der Waals surface area contributed by atoms with E-state index in [2.05, 4.69) is 10.3 Å². The molecule has 0 spiro atoms. The Labute approximate surface area is 162 Å². The zero-order chi connectivity index (χ0) is 19.6. The summed E-state index contributed by atoms with van der Waals surface area (Å²) < 4.78 is 10.5. The molecule has 27 heavy (non-hydrogen) atoms. The molecule has 0 saturated heterocycles. The molecule has 0 fully saturated rings. The zero-order valence-corrected chi connectivity index (χ0v) is 16.4. The van der Waals surface area contributed by atoms with E-state index in [1.807, 2.05) is 38.1 Å². The van der Waals surface area contributed by atoms with Gasteiger partial charge >= 0.3 is 0 Å². The van der Waals surface area contributed by atoms with Crippen LogP contribution in [0.2, 0.25) is 0 Å². The molecule has 0 saturated carbocycles. The Morgan fingerprint density at radius 2 is 1.81 bits per heavy atom. The molecular weight excluding hydrogens is 362 g/mol. The van der Waals surface area contributed by atoms with Gasteiger partial charge in [0.2, 0.25) is 5.78 Å². The van der Waals surface area contributed by atoms with Crippen LogP contribution < -0.4 is 20.5 Å². The Morgan fingerprint density at radius 1 is 1.07 bits per heavy atom. The zero-order valence-electron chi connectivity index (χ0n) is 15.6. The fourth-order valence-corrected chi connectivity index (χ4v) is 3.55. The second-order valence-electron chi connectivity index (χ2n) is 6.08. The van der Waals surface area contributed by atoms with Crippen molar-refractivity contribution in [3.8, 4) is 11.5 Å². The lowest BCUT2D eigenvalue weighted by Gasteiger charge is -2.09. The van der Waals surface area contributed by atoms with Crippen LogP contribution in [-0.4, -0.2) is 25.0 Å². The maximum absolute atomic E-state index is 12.9. The van der Waals surface area contributed by atoms with Gasteiger partial charge in [-0.05, 0) is 37.6 Å². The molecule has 1 heterocycles. The Balaban J connectivity index is 1.88. The number of benzene rings is 2. The summed E-state index contributed by atoms with van der Waals surface area (Å²) in [6, 6.07) is 11.2. The molecule has 0 aliphatic carbocycles. The third-order valence-electron chi connectivity index (χ3n) is 4.13. The maximum atomic E-state index is 12.9. The molecule has 1 aromatic heterocycles. The molecule has 0 aliphatic heterocycles. The molecule has 0 amide bonds. The van der Waals surface area contributed by atoms with E-state index < -0.39 is 0 Å². The van der Waals surface area contributed by atoms with E-state index in [1.54, 1.807) is 26.4 Å². The molecule has 3 rings (SSSR count). The summed E-state index contributed by atoms with van der Waals surface area (Å²) in [5, 5.41) is 3.70. The van der Waals surface area contributed by atoms with E-state index in [0.29, 0.717) is 27.1 Å². The molecule has 3 N–H and O–H groups in total. The van der Waals surface area contributed by atoms with Crippen LogP contribution in [0.4, 0.5) is 16.6 Å². The molecule has 7 heteroatoms. The van der Waals surface area contributed by atoms with E-state index in [1.165, 1.54) is 11.3 Å². The lowest BCUT2D eigenvalue weighted by atomic mass is 10.0. The molecular formula is C20H21N3O3S. The number of rotatable bonds is 6. The summed E-state index contributed by atoms with van der Waals surface area (Å²) in [6.07, 6.45) is 0. The minimum atomic E-state index is -0.119. The number of nitrogen functional groups attached to an aromatic ring is 1. The topological polar surface area (TPSA) is 86.5 Å². The standard InChI is InChI=1S/C20H21N3O3S/c1-11-5-6-12(2)14(9-11)17(24)18-19(21)23-20(27-18)22-13-7-8-15(25-3)16(10-13)26-4/h5-10H,21H2,1-4H3,(H,22,23). The van der Waals surface area contributed by atoms with Gasteiger partial charge in [0.05, 0.1) is 14.2 Å². The monoisotopic (exact) mass is 383 g/mol. The highest BCUT2D eigenvalue weighted by molar-refractivity contribution is 7.18. The lowest BCUT2D eigenvalue weighted by Crippen LogP contribution is -2.05. The number of nitrogens with two attached hydrogens (primary N) is 1. The van der Waals surface area contributed by atoms with Crippen molar-refractivity contribution in [2.75, 3.05) is 25.3 Å². The van der Waals surface area contributed by atoms with E-state index in [4.69, 9.17) is 15.2 Å². The number of ketones is 1. The number of carbonyl (C=O) groups is 1. The molecule has 0 unspecified atom stereocenters. The molecule has 0 aliphatic rings. The summed E-state index contributed by atoms with van der Waals surface area (Å²) in [4.78, 5) is 17.6. The number of thiazole rings is 1. The van der Waals surface area contributed by atoms with Gasteiger partial charge in [-0.3, -0.25) is 4.79 Å². The number of aryl methyl sites for hydroxylation is 2. The van der Waals surface area contributed by atoms with Crippen LogP contribution >= 0.6 is 11.3 Å². The number of nitrogens with zero attached hydrogens (tertiary/aromatic N) is 1. The van der Waals surface area contributed by atoms with Gasteiger partial charge in [0.25, 0.3) is 0 Å². The highest BCUT2D eigenvalue weighted by atomic mass is 32.1. The second-order valence-corrected chi connectivity index (χ2v) is 7.07. The summed E-state index contributed by atoms with van der Waals surface area (Å²) in [5.74, 6) is 1.33. The van der Waals surface area contributed by atoms with E-state index in [0.717, 1.165) is 16.8 Å². The van der Waals surface area contributed by atoms with Crippen LogP contribution in [0.5, 0.6) is 11.5 Å². The SMILES string of the molecule is COc1ccc(Nc2nc(N)c(C(=O)c3cc(C)ccc3C)s2)cc1OC. The predicted molar refractivity (Wildman–Crippen MR) is 109 cm³/mol. The number of ether oxygens (including phenoxy) is 2. The van der Waals surface area contributed by atoms with E-state index in [-0.39, 0.29) is 11.6 Å². The molecule has 0 bridgehead atoms. The Morgan fingerprint density at radius 3 is 2.52 bits per heavy atom. The number of carbonyl (C=O) groups excluding carboxylic acids is 1. The first-order valence-corrected chi connectivity index (χ1v) is 9.12. The van der Waals surface area contributed by atoms with Gasteiger partial charge in [0.1, 0.15) is 10.7 Å². The fraction of sp³-hybridized carbons (Fsp3) is 0.200. The second kappa shape index (κ2) is 7.67. The normalized spacial score (nSPS) is 10.5. The number of hydrogen-bond acceptors (Lipinski definition) is 7. The van der Waals surface area contributed by atoms with Crippen LogP contribution in [0.1, 0.15) is 26.4 Å². The Hall–Kier alpha value is -3.06. The van der Waals surface area contributed by atoms with Gasteiger partial charge in [-0.15, -0.1) is 0 Å². The minimum Gasteiger partial charge on any atom is -0.493 e. The number of anilines is 3. The van der Waals surface area contributed by atoms with Gasteiger partial charge in [-0.1, -0.05) is 29.0 Å². The summed E-state index contributed by atoms with van der Waals surface area (Å²) >= 11 is 1.23. The third-order valence-corrected chi connectivity index (χ3v) is 5.12. The van der Waals surface area contributed by atoms with Crippen molar-refractivity contribution in [1.82, 2.24) is 4.98 Å². The minimum absolute atomic E-state index is 0.119. The van der Waals surface area contributed by atoms with Crippen LogP contribution in [0.25, 0.3) is 0 Å². The number of methoxy groups -OCH3 is 2. The predicted octanol–water partition coefficient (Wildman–Crippen LogP) is 4.33. The number of aromatic nitrogens is 1. The van der Waals surface area contributed by atoms with Crippen LogP contribution in [-0.2, 0) is 0 Å². The van der Waals surface area contributed by atoms with Crippen molar-refractivity contribution in [2.45, 2.75) is 13.8 Å². The first-order chi connectivity index (χ1) is 12.9. The van der Waals surface area contributed by atoms with E-state index in [9.17, 15) is 4.79 Å².